The normalized spacial score (nSPS) is 11.8. The van der Waals surface area contributed by atoms with Crippen molar-refractivity contribution in [1.82, 2.24) is 5.32 Å². The van der Waals surface area contributed by atoms with Crippen LogP contribution in [0.3, 0.4) is 0 Å². The Kier molecular flexibility index (Phi) is 8.22. The number of carbonyl (C=O) groups excluding carboxylic acids is 2. The van der Waals surface area contributed by atoms with E-state index in [2.05, 4.69) is 5.32 Å². The van der Waals surface area contributed by atoms with Gasteiger partial charge < -0.3 is 14.8 Å². The smallest absolute Gasteiger partial charge is 0.314 e. The molecule has 122 valence electrons. The molecule has 0 aliphatic heterocycles. The van der Waals surface area contributed by atoms with E-state index in [0.29, 0.717) is 26.3 Å². The molecule has 1 atom stereocenters. The fourth-order valence-electron chi connectivity index (χ4n) is 2.05. The standard InChI is InChI=1S/C17H25NO4/c1-4-21-16(19)10-11-18-12-15(17(20)22-5-2)14-8-6-13(3)7-9-14/h6-9,15,18H,4-5,10-12H2,1-3H3. The van der Waals surface area contributed by atoms with Gasteiger partial charge in [0.1, 0.15) is 0 Å². The molecule has 0 spiro atoms. The Balaban J connectivity index is 2.57. The van der Waals surface area contributed by atoms with Crippen LogP contribution < -0.4 is 5.32 Å². The number of hydrogen-bond acceptors (Lipinski definition) is 5. The van der Waals surface area contributed by atoms with Crippen molar-refractivity contribution in [3.8, 4) is 0 Å². The summed E-state index contributed by atoms with van der Waals surface area (Å²) in [6.07, 6.45) is 0.289. The Bertz CT molecular complexity index is 470. The molecule has 0 amide bonds. The molecule has 22 heavy (non-hydrogen) atoms. The van der Waals surface area contributed by atoms with Crippen LogP contribution in [-0.2, 0) is 19.1 Å². The van der Waals surface area contributed by atoms with E-state index in [9.17, 15) is 9.59 Å². The molecule has 1 unspecified atom stereocenters. The van der Waals surface area contributed by atoms with Gasteiger partial charge in [0.05, 0.1) is 25.6 Å². The zero-order valence-corrected chi connectivity index (χ0v) is 13.6. The summed E-state index contributed by atoms with van der Waals surface area (Å²) in [4.78, 5) is 23.4. The van der Waals surface area contributed by atoms with Gasteiger partial charge in [-0.25, -0.2) is 0 Å². The summed E-state index contributed by atoms with van der Waals surface area (Å²) in [7, 11) is 0. The van der Waals surface area contributed by atoms with Crippen LogP contribution in [0.4, 0.5) is 0 Å². The summed E-state index contributed by atoms with van der Waals surface area (Å²) >= 11 is 0. The summed E-state index contributed by atoms with van der Waals surface area (Å²) < 4.78 is 10.00. The zero-order valence-electron chi connectivity index (χ0n) is 13.6. The highest BCUT2D eigenvalue weighted by molar-refractivity contribution is 5.78. The summed E-state index contributed by atoms with van der Waals surface area (Å²) in [6.45, 7) is 7.21. The topological polar surface area (TPSA) is 64.6 Å². The molecular weight excluding hydrogens is 282 g/mol. The fourth-order valence-corrected chi connectivity index (χ4v) is 2.05. The Morgan fingerprint density at radius 2 is 1.73 bits per heavy atom. The van der Waals surface area contributed by atoms with Crippen molar-refractivity contribution >= 4 is 11.9 Å². The van der Waals surface area contributed by atoms with Crippen LogP contribution in [0.1, 0.15) is 37.3 Å². The Morgan fingerprint density at radius 1 is 1.09 bits per heavy atom. The molecule has 0 aliphatic carbocycles. The number of esters is 2. The summed E-state index contributed by atoms with van der Waals surface area (Å²) in [5.74, 6) is -0.865. The van der Waals surface area contributed by atoms with Gasteiger partial charge in [0, 0.05) is 13.1 Å². The first kappa shape index (κ1) is 18.2. The third kappa shape index (κ3) is 6.26. The Labute approximate surface area is 132 Å². The van der Waals surface area contributed by atoms with E-state index < -0.39 is 0 Å². The lowest BCUT2D eigenvalue weighted by Crippen LogP contribution is -2.30. The maximum absolute atomic E-state index is 12.1. The lowest BCUT2D eigenvalue weighted by Gasteiger charge is -2.17. The summed E-state index contributed by atoms with van der Waals surface area (Å²) in [5.41, 5.74) is 2.05. The molecule has 1 N–H and O–H groups in total. The van der Waals surface area contributed by atoms with Crippen molar-refractivity contribution in [1.29, 1.82) is 0 Å². The van der Waals surface area contributed by atoms with Crippen molar-refractivity contribution in [2.24, 2.45) is 0 Å². The SMILES string of the molecule is CCOC(=O)CCNCC(C(=O)OCC)c1ccc(C)cc1. The van der Waals surface area contributed by atoms with Gasteiger partial charge in [0.25, 0.3) is 0 Å². The van der Waals surface area contributed by atoms with Gasteiger partial charge in [-0.3, -0.25) is 9.59 Å². The van der Waals surface area contributed by atoms with Crippen LogP contribution in [0, 0.1) is 6.92 Å². The molecule has 0 heterocycles. The van der Waals surface area contributed by atoms with Gasteiger partial charge in [-0.15, -0.1) is 0 Å². The Morgan fingerprint density at radius 3 is 2.32 bits per heavy atom. The average molecular weight is 307 g/mol. The number of carbonyl (C=O) groups is 2. The van der Waals surface area contributed by atoms with E-state index >= 15 is 0 Å². The van der Waals surface area contributed by atoms with Gasteiger partial charge in [-0.2, -0.15) is 0 Å². The molecule has 0 aliphatic rings. The molecule has 0 radical (unpaired) electrons. The molecular formula is C17H25NO4. The van der Waals surface area contributed by atoms with Gasteiger partial charge in [-0.05, 0) is 26.3 Å². The molecule has 5 heteroatoms. The van der Waals surface area contributed by atoms with E-state index in [1.165, 1.54) is 0 Å². The molecule has 0 saturated heterocycles. The first-order valence-electron chi connectivity index (χ1n) is 7.68. The van der Waals surface area contributed by atoms with Crippen LogP contribution in [0.5, 0.6) is 0 Å². The molecule has 0 aromatic heterocycles. The van der Waals surface area contributed by atoms with Crippen LogP contribution >= 0.6 is 0 Å². The van der Waals surface area contributed by atoms with Crippen molar-refractivity contribution < 1.29 is 19.1 Å². The second-order valence-corrected chi connectivity index (χ2v) is 4.97. The highest BCUT2D eigenvalue weighted by atomic mass is 16.5. The second kappa shape index (κ2) is 9.95. The van der Waals surface area contributed by atoms with Gasteiger partial charge in [-0.1, -0.05) is 29.8 Å². The Hall–Kier alpha value is -1.88. The average Bonchev–Trinajstić information content (AvgIpc) is 2.49. The second-order valence-electron chi connectivity index (χ2n) is 4.97. The van der Waals surface area contributed by atoms with Crippen molar-refractivity contribution in [2.45, 2.75) is 33.1 Å². The third-order valence-electron chi connectivity index (χ3n) is 3.21. The van der Waals surface area contributed by atoms with E-state index in [1.807, 2.05) is 31.2 Å². The minimum atomic E-state index is -0.372. The predicted octanol–water partition coefficient (Wildman–Crippen LogP) is 2.18. The molecule has 5 nitrogen and oxygen atoms in total. The lowest BCUT2D eigenvalue weighted by molar-refractivity contribution is -0.144. The summed E-state index contributed by atoms with van der Waals surface area (Å²) in [5, 5.41) is 3.13. The monoisotopic (exact) mass is 307 g/mol. The van der Waals surface area contributed by atoms with Gasteiger partial charge >= 0.3 is 11.9 Å². The van der Waals surface area contributed by atoms with Crippen LogP contribution in [0.15, 0.2) is 24.3 Å². The van der Waals surface area contributed by atoms with E-state index in [-0.39, 0.29) is 24.3 Å². The number of benzene rings is 1. The maximum atomic E-state index is 12.1. The highest BCUT2D eigenvalue weighted by Gasteiger charge is 2.21. The van der Waals surface area contributed by atoms with E-state index in [1.54, 1.807) is 13.8 Å². The minimum Gasteiger partial charge on any atom is -0.466 e. The highest BCUT2D eigenvalue weighted by Crippen LogP contribution is 2.17. The minimum absolute atomic E-state index is 0.238. The van der Waals surface area contributed by atoms with Gasteiger partial charge in [0.2, 0.25) is 0 Å². The number of aryl methyl sites for hydroxylation is 1. The predicted molar refractivity (Wildman–Crippen MR) is 84.7 cm³/mol. The largest absolute Gasteiger partial charge is 0.466 e. The van der Waals surface area contributed by atoms with Gasteiger partial charge in [0.15, 0.2) is 0 Å². The first-order valence-corrected chi connectivity index (χ1v) is 7.68. The zero-order chi connectivity index (χ0) is 16.4. The fraction of sp³-hybridized carbons (Fsp3) is 0.529. The molecule has 0 saturated carbocycles. The van der Waals surface area contributed by atoms with Crippen LogP contribution in [0.2, 0.25) is 0 Å². The first-order chi connectivity index (χ1) is 10.6. The molecule has 0 bridgehead atoms. The number of rotatable bonds is 9. The van der Waals surface area contributed by atoms with E-state index in [0.717, 1.165) is 11.1 Å². The van der Waals surface area contributed by atoms with Crippen molar-refractivity contribution in [2.75, 3.05) is 26.3 Å². The van der Waals surface area contributed by atoms with Crippen molar-refractivity contribution in [3.63, 3.8) is 0 Å². The van der Waals surface area contributed by atoms with Crippen molar-refractivity contribution in [3.05, 3.63) is 35.4 Å². The molecule has 0 fully saturated rings. The quantitative estimate of drug-likeness (QED) is 0.559. The van der Waals surface area contributed by atoms with Crippen LogP contribution in [-0.4, -0.2) is 38.2 Å². The molecule has 1 aromatic rings. The molecule has 1 aromatic carbocycles. The van der Waals surface area contributed by atoms with Crippen LogP contribution in [0.25, 0.3) is 0 Å². The number of nitrogens with one attached hydrogen (secondary N) is 1. The number of ether oxygens (including phenoxy) is 2. The third-order valence-corrected chi connectivity index (χ3v) is 3.21. The molecule has 1 rings (SSSR count). The number of hydrogen-bond donors (Lipinski definition) is 1. The summed E-state index contributed by atoms with van der Waals surface area (Å²) in [6, 6.07) is 7.81. The lowest BCUT2D eigenvalue weighted by atomic mass is 9.98. The maximum Gasteiger partial charge on any atom is 0.314 e. The van der Waals surface area contributed by atoms with E-state index in [4.69, 9.17) is 9.47 Å².